The topological polar surface area (TPSA) is 94.4 Å². The van der Waals surface area contributed by atoms with Crippen molar-refractivity contribution in [2.24, 2.45) is 0 Å². The Balaban J connectivity index is 2.30. The zero-order valence-electron chi connectivity index (χ0n) is 12.5. The number of hydrogen-bond donors (Lipinski definition) is 1. The number of anilines is 1. The van der Waals surface area contributed by atoms with Gasteiger partial charge in [-0.3, -0.25) is 10.1 Å². The van der Waals surface area contributed by atoms with Crippen LogP contribution in [0.25, 0.3) is 6.08 Å². The third kappa shape index (κ3) is 3.52. The Labute approximate surface area is 132 Å². The lowest BCUT2D eigenvalue weighted by molar-refractivity contribution is -0.385. The Hall–Kier alpha value is -3.22. The van der Waals surface area contributed by atoms with E-state index in [1.165, 1.54) is 25.4 Å². The summed E-state index contributed by atoms with van der Waals surface area (Å²) in [6, 6.07) is 8.11. The van der Waals surface area contributed by atoms with E-state index in [9.17, 15) is 14.9 Å². The highest BCUT2D eigenvalue weighted by molar-refractivity contribution is 5.93. The molecule has 0 aliphatic heterocycles. The number of nitro benzene ring substituents is 1. The van der Waals surface area contributed by atoms with Crippen molar-refractivity contribution in [3.63, 3.8) is 0 Å². The highest BCUT2D eigenvalue weighted by atomic mass is 16.6. The molecule has 0 atom stereocenters. The van der Waals surface area contributed by atoms with Gasteiger partial charge in [-0.15, -0.1) is 0 Å². The quantitative estimate of drug-likeness (QED) is 0.500. The van der Waals surface area contributed by atoms with Gasteiger partial charge in [-0.05, 0) is 6.07 Å². The van der Waals surface area contributed by atoms with Gasteiger partial charge >= 0.3 is 5.97 Å². The Bertz CT molecular complexity index is 759. The summed E-state index contributed by atoms with van der Waals surface area (Å²) in [6.07, 6.45) is 2.95. The summed E-state index contributed by atoms with van der Waals surface area (Å²) in [6.45, 7) is 3.90. The highest BCUT2D eigenvalue weighted by Gasteiger charge is 2.16. The fraction of sp³-hybridized carbons (Fsp3) is 0.125. The van der Waals surface area contributed by atoms with Crippen LogP contribution >= 0.6 is 0 Å². The minimum atomic E-state index is -0.575. The number of nitrogens with zero attached hydrogens (tertiary/aromatic N) is 2. The van der Waals surface area contributed by atoms with E-state index in [0.29, 0.717) is 16.8 Å². The summed E-state index contributed by atoms with van der Waals surface area (Å²) in [5.74, 6) is -0.575. The molecule has 7 nitrogen and oxygen atoms in total. The molecule has 0 fully saturated rings. The van der Waals surface area contributed by atoms with Crippen molar-refractivity contribution >= 4 is 23.4 Å². The van der Waals surface area contributed by atoms with Crippen LogP contribution in [-0.4, -0.2) is 23.0 Å². The van der Waals surface area contributed by atoms with Crippen molar-refractivity contribution in [1.29, 1.82) is 0 Å². The number of pyridine rings is 1. The van der Waals surface area contributed by atoms with E-state index in [4.69, 9.17) is 0 Å². The third-order valence-corrected chi connectivity index (χ3v) is 3.23. The zero-order chi connectivity index (χ0) is 16.8. The molecule has 1 N–H and O–H groups in total. The van der Waals surface area contributed by atoms with E-state index in [2.05, 4.69) is 21.6 Å². The zero-order valence-corrected chi connectivity index (χ0v) is 12.5. The van der Waals surface area contributed by atoms with Crippen LogP contribution in [0.4, 0.5) is 11.4 Å². The number of nitro groups is 1. The first-order chi connectivity index (χ1) is 11.1. The average molecular weight is 313 g/mol. The molecule has 1 heterocycles. The summed E-state index contributed by atoms with van der Waals surface area (Å²) >= 11 is 0. The largest absolute Gasteiger partial charge is 0.464 e. The molecule has 7 heteroatoms. The van der Waals surface area contributed by atoms with Crippen molar-refractivity contribution in [3.8, 4) is 0 Å². The molecule has 118 valence electrons. The van der Waals surface area contributed by atoms with Gasteiger partial charge in [0, 0.05) is 35.6 Å². The van der Waals surface area contributed by atoms with Crippen molar-refractivity contribution in [2.75, 3.05) is 12.4 Å². The summed E-state index contributed by atoms with van der Waals surface area (Å²) < 4.78 is 4.68. The molecule has 0 aliphatic rings. The van der Waals surface area contributed by atoms with E-state index in [0.717, 1.165) is 0 Å². The maximum absolute atomic E-state index is 11.7. The van der Waals surface area contributed by atoms with Gasteiger partial charge in [0.2, 0.25) is 0 Å². The number of methoxy groups -OCH3 is 1. The minimum Gasteiger partial charge on any atom is -0.464 e. The van der Waals surface area contributed by atoms with Gasteiger partial charge in [-0.25, -0.2) is 9.78 Å². The molecule has 0 unspecified atom stereocenters. The molecular weight excluding hydrogens is 298 g/mol. The molecule has 0 saturated heterocycles. The van der Waals surface area contributed by atoms with Crippen molar-refractivity contribution < 1.29 is 14.5 Å². The lowest BCUT2D eigenvalue weighted by atomic mass is 10.1. The van der Waals surface area contributed by atoms with Crippen LogP contribution in [0.3, 0.4) is 0 Å². The number of para-hydroxylation sites is 1. The van der Waals surface area contributed by atoms with Crippen LogP contribution in [0.15, 0.2) is 43.1 Å². The number of carbonyl (C=O) groups is 1. The number of ether oxygens (including phenoxy) is 1. The molecule has 0 amide bonds. The molecule has 0 radical (unpaired) electrons. The Kier molecular flexibility index (Phi) is 5.03. The maximum Gasteiger partial charge on any atom is 0.357 e. The molecule has 2 rings (SSSR count). The van der Waals surface area contributed by atoms with E-state index in [1.54, 1.807) is 24.3 Å². The minimum absolute atomic E-state index is 0.0300. The fourth-order valence-electron chi connectivity index (χ4n) is 2.12. The van der Waals surface area contributed by atoms with Crippen LogP contribution in [0.5, 0.6) is 0 Å². The Morgan fingerprint density at radius 2 is 2.17 bits per heavy atom. The van der Waals surface area contributed by atoms with Gasteiger partial charge in [-0.1, -0.05) is 30.9 Å². The van der Waals surface area contributed by atoms with Gasteiger partial charge in [0.25, 0.3) is 5.69 Å². The monoisotopic (exact) mass is 313 g/mol. The lowest BCUT2D eigenvalue weighted by Gasteiger charge is -2.12. The summed E-state index contributed by atoms with van der Waals surface area (Å²) in [7, 11) is 1.27. The molecule has 1 aromatic heterocycles. The molecule has 0 aliphatic carbocycles. The first-order valence-corrected chi connectivity index (χ1v) is 6.74. The number of benzene rings is 1. The van der Waals surface area contributed by atoms with E-state index >= 15 is 0 Å². The number of carbonyl (C=O) groups excluding carboxylic acids is 1. The smallest absolute Gasteiger partial charge is 0.357 e. The van der Waals surface area contributed by atoms with Crippen LogP contribution in [0.2, 0.25) is 0 Å². The third-order valence-electron chi connectivity index (χ3n) is 3.23. The average Bonchev–Trinajstić information content (AvgIpc) is 2.58. The SMILES string of the molecule is C=Cc1c(NCc2ccccc2[N+](=O)[O-])ccnc1C(=O)OC. The van der Waals surface area contributed by atoms with Gasteiger partial charge < -0.3 is 10.1 Å². The number of hydrogen-bond acceptors (Lipinski definition) is 6. The second-order valence-electron chi connectivity index (χ2n) is 4.56. The molecule has 0 bridgehead atoms. The van der Waals surface area contributed by atoms with Gasteiger partial charge in [0.15, 0.2) is 5.69 Å². The van der Waals surface area contributed by atoms with Crippen molar-refractivity contribution in [2.45, 2.75) is 6.54 Å². The molecule has 1 aromatic carbocycles. The van der Waals surface area contributed by atoms with Crippen LogP contribution in [0, 0.1) is 10.1 Å². The van der Waals surface area contributed by atoms with Crippen molar-refractivity contribution in [1.82, 2.24) is 4.98 Å². The second kappa shape index (κ2) is 7.17. The predicted molar refractivity (Wildman–Crippen MR) is 86.1 cm³/mol. The summed E-state index contributed by atoms with van der Waals surface area (Å²) in [5, 5.41) is 14.1. The highest BCUT2D eigenvalue weighted by Crippen LogP contribution is 2.23. The number of nitrogens with one attached hydrogen (secondary N) is 1. The van der Waals surface area contributed by atoms with E-state index in [1.807, 2.05) is 0 Å². The molecule has 23 heavy (non-hydrogen) atoms. The summed E-state index contributed by atoms with van der Waals surface area (Å²) in [4.78, 5) is 26.3. The Morgan fingerprint density at radius 1 is 1.43 bits per heavy atom. The normalized spacial score (nSPS) is 9.96. The van der Waals surface area contributed by atoms with E-state index in [-0.39, 0.29) is 17.9 Å². The standard InChI is InChI=1S/C16H15N3O4/c1-3-12-13(8-9-17-15(12)16(20)23-2)18-10-11-6-4-5-7-14(11)19(21)22/h3-9H,1,10H2,2H3,(H,17,18). The molecule has 0 spiro atoms. The van der Waals surface area contributed by atoms with Gasteiger partial charge in [0.05, 0.1) is 12.0 Å². The van der Waals surface area contributed by atoms with Gasteiger partial charge in [-0.2, -0.15) is 0 Å². The predicted octanol–water partition coefficient (Wildman–Crippen LogP) is 3.03. The van der Waals surface area contributed by atoms with Gasteiger partial charge in [0.1, 0.15) is 0 Å². The van der Waals surface area contributed by atoms with Crippen LogP contribution in [-0.2, 0) is 11.3 Å². The number of esters is 1. The van der Waals surface area contributed by atoms with Crippen molar-refractivity contribution in [3.05, 3.63) is 70.0 Å². The first-order valence-electron chi connectivity index (χ1n) is 6.74. The van der Waals surface area contributed by atoms with Crippen LogP contribution in [0.1, 0.15) is 21.6 Å². The molecule has 2 aromatic rings. The lowest BCUT2D eigenvalue weighted by Crippen LogP contribution is -2.10. The van der Waals surface area contributed by atoms with E-state index < -0.39 is 10.9 Å². The summed E-state index contributed by atoms with van der Waals surface area (Å²) in [5.41, 5.74) is 1.77. The Morgan fingerprint density at radius 3 is 2.83 bits per heavy atom. The first kappa shape index (κ1) is 16.2. The fourth-order valence-corrected chi connectivity index (χ4v) is 2.12. The maximum atomic E-state index is 11.7. The number of aromatic nitrogens is 1. The molecular formula is C16H15N3O4. The molecule has 0 saturated carbocycles. The van der Waals surface area contributed by atoms with Crippen LogP contribution < -0.4 is 5.32 Å². The second-order valence-corrected chi connectivity index (χ2v) is 4.56. The number of rotatable bonds is 6.